The number of amides is 1. The van der Waals surface area contributed by atoms with Crippen LogP contribution in [-0.4, -0.2) is 11.9 Å². The maximum Gasteiger partial charge on any atom is 0.244 e. The minimum atomic E-state index is -0.346. The minimum absolute atomic E-state index is 0.125. The van der Waals surface area contributed by atoms with Crippen molar-refractivity contribution in [3.05, 3.63) is 40.1 Å². The van der Waals surface area contributed by atoms with Gasteiger partial charge in [0.2, 0.25) is 5.91 Å². The molecule has 0 saturated heterocycles. The normalized spacial score (nSPS) is 12.7. The summed E-state index contributed by atoms with van der Waals surface area (Å²) < 4.78 is 14.1. The van der Waals surface area contributed by atoms with Gasteiger partial charge in [0.1, 0.15) is 5.82 Å². The van der Waals surface area contributed by atoms with E-state index in [-0.39, 0.29) is 17.8 Å². The second kappa shape index (κ2) is 6.55. The minimum Gasteiger partial charge on any atom is -0.350 e. The highest BCUT2D eigenvalue weighted by atomic mass is 79.9. The molecule has 0 radical (unpaired) electrons. The van der Waals surface area contributed by atoms with Crippen LogP contribution in [0.2, 0.25) is 0 Å². The summed E-state index contributed by atoms with van der Waals surface area (Å²) in [7, 11) is 0. The first-order valence-corrected chi connectivity index (χ1v) is 6.26. The van der Waals surface area contributed by atoms with Crippen molar-refractivity contribution in [1.82, 2.24) is 5.32 Å². The molecule has 2 nitrogen and oxygen atoms in total. The molecule has 92 valence electrons. The molecule has 0 aromatic heterocycles. The Hall–Kier alpha value is -1.16. The Morgan fingerprint density at radius 3 is 2.94 bits per heavy atom. The maximum atomic E-state index is 13.3. The molecule has 0 aliphatic heterocycles. The Labute approximate surface area is 109 Å². The lowest BCUT2D eigenvalue weighted by molar-refractivity contribution is -0.117. The third kappa shape index (κ3) is 4.69. The summed E-state index contributed by atoms with van der Waals surface area (Å²) in [6.07, 6.45) is 3.68. The summed E-state index contributed by atoms with van der Waals surface area (Å²) in [5.41, 5.74) is 0.388. The van der Waals surface area contributed by atoms with Crippen molar-refractivity contribution in [2.75, 3.05) is 0 Å². The Bertz CT molecular complexity index is 431. The number of rotatable bonds is 4. The number of nitrogens with one attached hydrogen (secondary N) is 1. The molecule has 4 heteroatoms. The molecular formula is C13H15BrFNO. The van der Waals surface area contributed by atoms with Crippen molar-refractivity contribution < 1.29 is 9.18 Å². The van der Waals surface area contributed by atoms with Crippen molar-refractivity contribution >= 4 is 27.9 Å². The Balaban J connectivity index is 2.70. The highest BCUT2D eigenvalue weighted by Gasteiger charge is 2.03. The predicted molar refractivity (Wildman–Crippen MR) is 71.0 cm³/mol. The lowest BCUT2D eigenvalue weighted by Crippen LogP contribution is -2.30. The lowest BCUT2D eigenvalue weighted by atomic mass is 10.2. The topological polar surface area (TPSA) is 29.1 Å². The van der Waals surface area contributed by atoms with Crippen LogP contribution in [0.3, 0.4) is 0 Å². The van der Waals surface area contributed by atoms with Crippen LogP contribution < -0.4 is 5.32 Å². The molecule has 0 heterocycles. The van der Waals surface area contributed by atoms with Crippen LogP contribution in [-0.2, 0) is 4.79 Å². The van der Waals surface area contributed by atoms with Crippen LogP contribution in [0.1, 0.15) is 25.8 Å². The van der Waals surface area contributed by atoms with E-state index in [0.717, 1.165) is 10.9 Å². The van der Waals surface area contributed by atoms with E-state index in [1.54, 1.807) is 12.1 Å². The molecular weight excluding hydrogens is 285 g/mol. The predicted octanol–water partition coefficient (Wildman–Crippen LogP) is 3.52. The van der Waals surface area contributed by atoms with Crippen molar-refractivity contribution in [3.63, 3.8) is 0 Å². The van der Waals surface area contributed by atoms with Gasteiger partial charge in [0.05, 0.1) is 0 Å². The molecule has 17 heavy (non-hydrogen) atoms. The van der Waals surface area contributed by atoms with Gasteiger partial charge in [0.15, 0.2) is 0 Å². The van der Waals surface area contributed by atoms with Crippen LogP contribution in [0.25, 0.3) is 6.08 Å². The fourth-order valence-electron chi connectivity index (χ4n) is 1.20. The Morgan fingerprint density at radius 1 is 1.59 bits per heavy atom. The molecule has 0 aliphatic carbocycles. The maximum absolute atomic E-state index is 13.3. The SMILES string of the molecule is CC[C@H](C)NC(=O)/C=C/c1cc(Br)ccc1F. The van der Waals surface area contributed by atoms with E-state index in [1.807, 2.05) is 13.8 Å². The van der Waals surface area contributed by atoms with Gasteiger partial charge in [-0.2, -0.15) is 0 Å². The smallest absolute Gasteiger partial charge is 0.244 e. The van der Waals surface area contributed by atoms with Gasteiger partial charge in [-0.05, 0) is 37.6 Å². The van der Waals surface area contributed by atoms with E-state index >= 15 is 0 Å². The van der Waals surface area contributed by atoms with Gasteiger partial charge >= 0.3 is 0 Å². The van der Waals surface area contributed by atoms with E-state index in [4.69, 9.17) is 0 Å². The van der Waals surface area contributed by atoms with Gasteiger partial charge in [-0.25, -0.2) is 4.39 Å². The average Bonchev–Trinajstić information content (AvgIpc) is 2.30. The van der Waals surface area contributed by atoms with Gasteiger partial charge in [0, 0.05) is 22.2 Å². The lowest BCUT2D eigenvalue weighted by Gasteiger charge is -2.08. The Kier molecular flexibility index (Phi) is 5.35. The van der Waals surface area contributed by atoms with Gasteiger partial charge < -0.3 is 5.32 Å². The summed E-state index contributed by atoms with van der Waals surface area (Å²) >= 11 is 3.25. The zero-order valence-electron chi connectivity index (χ0n) is 9.84. The molecule has 1 rings (SSSR count). The molecule has 1 N–H and O–H groups in total. The summed E-state index contributed by atoms with van der Waals surface area (Å²) in [5.74, 6) is -0.556. The summed E-state index contributed by atoms with van der Waals surface area (Å²) in [6, 6.07) is 4.73. The second-order valence-corrected chi connectivity index (χ2v) is 4.73. The van der Waals surface area contributed by atoms with Crippen LogP contribution in [0, 0.1) is 5.82 Å². The van der Waals surface area contributed by atoms with Gasteiger partial charge in [-0.3, -0.25) is 4.79 Å². The molecule has 0 bridgehead atoms. The van der Waals surface area contributed by atoms with Crippen molar-refractivity contribution in [2.24, 2.45) is 0 Å². The molecule has 1 atom stereocenters. The van der Waals surface area contributed by atoms with E-state index in [1.165, 1.54) is 18.2 Å². The molecule has 1 aromatic carbocycles. The molecule has 0 aliphatic rings. The highest BCUT2D eigenvalue weighted by molar-refractivity contribution is 9.10. The number of halogens is 2. The first-order valence-electron chi connectivity index (χ1n) is 5.46. The third-order valence-electron chi connectivity index (χ3n) is 2.37. The first-order chi connectivity index (χ1) is 8.02. The molecule has 0 fully saturated rings. The van der Waals surface area contributed by atoms with Crippen LogP contribution in [0.15, 0.2) is 28.7 Å². The standard InChI is InChI=1S/C13H15BrFNO/c1-3-9(2)16-13(17)7-4-10-8-11(14)5-6-12(10)15/h4-9H,3H2,1-2H3,(H,16,17)/b7-4+/t9-/m0/s1. The van der Waals surface area contributed by atoms with E-state index in [2.05, 4.69) is 21.2 Å². The number of hydrogen-bond donors (Lipinski definition) is 1. The van der Waals surface area contributed by atoms with Crippen molar-refractivity contribution in [2.45, 2.75) is 26.3 Å². The second-order valence-electron chi connectivity index (χ2n) is 3.82. The van der Waals surface area contributed by atoms with Gasteiger partial charge in [0.25, 0.3) is 0 Å². The quantitative estimate of drug-likeness (QED) is 0.847. The van der Waals surface area contributed by atoms with Gasteiger partial charge in [-0.1, -0.05) is 22.9 Å². The molecule has 0 spiro atoms. The number of carbonyl (C=O) groups is 1. The zero-order valence-corrected chi connectivity index (χ0v) is 11.4. The fraction of sp³-hybridized carbons (Fsp3) is 0.308. The third-order valence-corrected chi connectivity index (χ3v) is 2.87. The van der Waals surface area contributed by atoms with E-state index in [9.17, 15) is 9.18 Å². The Morgan fingerprint density at radius 2 is 2.29 bits per heavy atom. The largest absolute Gasteiger partial charge is 0.350 e. The van der Waals surface area contributed by atoms with Crippen LogP contribution in [0.5, 0.6) is 0 Å². The molecule has 0 saturated carbocycles. The van der Waals surface area contributed by atoms with Crippen molar-refractivity contribution in [3.8, 4) is 0 Å². The summed E-state index contributed by atoms with van der Waals surface area (Å²) in [5, 5.41) is 2.77. The number of carbonyl (C=O) groups excluding carboxylic acids is 1. The van der Waals surface area contributed by atoms with Gasteiger partial charge in [-0.15, -0.1) is 0 Å². The van der Waals surface area contributed by atoms with E-state index in [0.29, 0.717) is 5.56 Å². The molecule has 1 aromatic rings. The van der Waals surface area contributed by atoms with Crippen LogP contribution >= 0.6 is 15.9 Å². The first kappa shape index (κ1) is 13.9. The molecule has 1 amide bonds. The summed E-state index contributed by atoms with van der Waals surface area (Å²) in [6.45, 7) is 3.91. The van der Waals surface area contributed by atoms with Crippen molar-refractivity contribution in [1.29, 1.82) is 0 Å². The average molecular weight is 300 g/mol. The number of hydrogen-bond acceptors (Lipinski definition) is 1. The zero-order chi connectivity index (χ0) is 12.8. The molecule has 0 unspecified atom stereocenters. The van der Waals surface area contributed by atoms with E-state index < -0.39 is 0 Å². The number of benzene rings is 1. The fourth-order valence-corrected chi connectivity index (χ4v) is 1.58. The monoisotopic (exact) mass is 299 g/mol. The summed E-state index contributed by atoms with van der Waals surface area (Å²) in [4.78, 5) is 11.4. The van der Waals surface area contributed by atoms with Crippen LogP contribution in [0.4, 0.5) is 4.39 Å². The highest BCUT2D eigenvalue weighted by Crippen LogP contribution is 2.16.